The second-order valence-electron chi connectivity index (χ2n) is 9.42. The molecular formula is C26H28ClN9O3. The summed E-state index contributed by atoms with van der Waals surface area (Å²) in [6.07, 6.45) is 3.67. The summed E-state index contributed by atoms with van der Waals surface area (Å²) in [6.45, 7) is 4.84. The Kier molecular flexibility index (Phi) is 8.13. The van der Waals surface area contributed by atoms with Gasteiger partial charge in [-0.2, -0.15) is 9.78 Å². The lowest BCUT2D eigenvalue weighted by Gasteiger charge is -2.30. The molecule has 0 unspecified atom stereocenters. The number of carbonyl (C=O) groups excluding carboxylic acids is 1. The minimum absolute atomic E-state index is 0.0517. The van der Waals surface area contributed by atoms with Crippen LogP contribution in [0.1, 0.15) is 47.1 Å². The SMILES string of the molecule is CC1CCN(Cc2c(C(=O)N/N=C\c3cccc(OCc4cccc(Cl)c4)c3)nnn2-c2nonc2N)CC1. The number of anilines is 1. The number of hydrazone groups is 1. The quantitative estimate of drug-likeness (QED) is 0.236. The molecule has 1 aliphatic heterocycles. The summed E-state index contributed by atoms with van der Waals surface area (Å²) in [5, 5.41) is 20.4. The van der Waals surface area contributed by atoms with Crippen LogP contribution in [0.5, 0.6) is 5.75 Å². The van der Waals surface area contributed by atoms with Gasteiger partial charge < -0.3 is 10.5 Å². The van der Waals surface area contributed by atoms with E-state index >= 15 is 0 Å². The average Bonchev–Trinajstić information content (AvgIpc) is 3.54. The number of aromatic nitrogens is 5. The Morgan fingerprint density at radius 3 is 2.82 bits per heavy atom. The highest BCUT2D eigenvalue weighted by molar-refractivity contribution is 6.30. The lowest BCUT2D eigenvalue weighted by Crippen LogP contribution is -2.34. The molecule has 2 aromatic carbocycles. The zero-order valence-corrected chi connectivity index (χ0v) is 22.1. The zero-order chi connectivity index (χ0) is 27.2. The van der Waals surface area contributed by atoms with E-state index in [0.29, 0.717) is 35.5 Å². The topological polar surface area (TPSA) is 150 Å². The minimum Gasteiger partial charge on any atom is -0.489 e. The highest BCUT2D eigenvalue weighted by Crippen LogP contribution is 2.22. The average molecular weight is 550 g/mol. The van der Waals surface area contributed by atoms with E-state index in [4.69, 9.17) is 26.7 Å². The third kappa shape index (κ3) is 6.59. The summed E-state index contributed by atoms with van der Waals surface area (Å²) >= 11 is 6.04. The Bertz CT molecular complexity index is 1460. The van der Waals surface area contributed by atoms with E-state index in [9.17, 15) is 4.79 Å². The van der Waals surface area contributed by atoms with Gasteiger partial charge in [-0.3, -0.25) is 9.69 Å². The smallest absolute Gasteiger partial charge is 0.293 e. The predicted octanol–water partition coefficient (Wildman–Crippen LogP) is 3.46. The van der Waals surface area contributed by atoms with Crippen molar-refractivity contribution in [2.45, 2.75) is 32.9 Å². The van der Waals surface area contributed by atoms with Gasteiger partial charge in [0.05, 0.1) is 11.9 Å². The number of nitrogen functional groups attached to an aromatic ring is 1. The number of piperidine rings is 1. The standard InChI is InChI=1S/C26H28ClN9O3/c1-17-8-10-35(11-9-17)15-22-23(30-34-36(22)25-24(28)32-39-33-25)26(37)31-29-14-18-4-3-7-21(13-18)38-16-19-5-2-6-20(27)12-19/h2-7,12-14,17H,8-11,15-16H2,1H3,(H2,28,32)(H,31,37)/b29-14-. The number of rotatable bonds is 9. The van der Waals surface area contributed by atoms with Gasteiger partial charge in [0.15, 0.2) is 5.69 Å². The van der Waals surface area contributed by atoms with Crippen LogP contribution in [0.25, 0.3) is 5.82 Å². The molecule has 0 saturated carbocycles. The molecule has 3 N–H and O–H groups in total. The second kappa shape index (κ2) is 12.0. The maximum absolute atomic E-state index is 13.1. The molecule has 0 atom stereocenters. The number of amides is 1. The number of halogens is 1. The van der Waals surface area contributed by atoms with Crippen molar-refractivity contribution in [2.24, 2.45) is 11.0 Å². The second-order valence-corrected chi connectivity index (χ2v) is 9.85. The molecule has 5 rings (SSSR count). The van der Waals surface area contributed by atoms with Crippen molar-refractivity contribution in [3.63, 3.8) is 0 Å². The summed E-state index contributed by atoms with van der Waals surface area (Å²) in [7, 11) is 0. The van der Waals surface area contributed by atoms with Crippen molar-refractivity contribution in [2.75, 3.05) is 18.8 Å². The van der Waals surface area contributed by atoms with Crippen LogP contribution in [0.2, 0.25) is 5.02 Å². The van der Waals surface area contributed by atoms with Crippen molar-refractivity contribution in [3.8, 4) is 11.6 Å². The van der Waals surface area contributed by atoms with Gasteiger partial charge in [-0.1, -0.05) is 48.0 Å². The van der Waals surface area contributed by atoms with E-state index in [-0.39, 0.29) is 17.3 Å². The van der Waals surface area contributed by atoms with Crippen molar-refractivity contribution in [3.05, 3.63) is 76.1 Å². The van der Waals surface area contributed by atoms with Gasteiger partial charge in [0.2, 0.25) is 11.6 Å². The molecule has 1 fully saturated rings. The number of nitrogens with zero attached hydrogens (tertiary/aromatic N) is 7. The number of nitrogens with two attached hydrogens (primary N) is 1. The molecule has 2 aromatic heterocycles. The van der Waals surface area contributed by atoms with Crippen LogP contribution in [0.3, 0.4) is 0 Å². The highest BCUT2D eigenvalue weighted by atomic mass is 35.5. The fourth-order valence-electron chi connectivity index (χ4n) is 4.26. The minimum atomic E-state index is -0.513. The van der Waals surface area contributed by atoms with Crippen LogP contribution >= 0.6 is 11.6 Å². The fourth-order valence-corrected chi connectivity index (χ4v) is 4.47. The van der Waals surface area contributed by atoms with Crippen molar-refractivity contribution in [1.29, 1.82) is 0 Å². The van der Waals surface area contributed by atoms with Gasteiger partial charge >= 0.3 is 0 Å². The van der Waals surface area contributed by atoms with Crippen molar-refractivity contribution in [1.82, 2.24) is 35.6 Å². The molecule has 0 aliphatic carbocycles. The van der Waals surface area contributed by atoms with E-state index in [1.54, 1.807) is 0 Å². The normalized spacial score (nSPS) is 14.6. The van der Waals surface area contributed by atoms with Crippen molar-refractivity contribution >= 4 is 29.5 Å². The first-order valence-corrected chi connectivity index (χ1v) is 12.9. The maximum Gasteiger partial charge on any atom is 0.293 e. The monoisotopic (exact) mass is 549 g/mol. The first-order valence-electron chi connectivity index (χ1n) is 12.5. The molecule has 39 heavy (non-hydrogen) atoms. The Morgan fingerprint density at radius 2 is 2.05 bits per heavy atom. The fraction of sp³-hybridized carbons (Fsp3) is 0.308. The van der Waals surface area contributed by atoms with Crippen LogP contribution in [0.4, 0.5) is 5.82 Å². The number of ether oxygens (including phenoxy) is 1. The van der Waals surface area contributed by atoms with Gasteiger partial charge in [0.25, 0.3) is 5.91 Å². The molecule has 13 heteroatoms. The molecule has 202 valence electrons. The Balaban J connectivity index is 1.27. The summed E-state index contributed by atoms with van der Waals surface area (Å²) in [4.78, 5) is 15.3. The van der Waals surface area contributed by atoms with E-state index in [2.05, 4.69) is 43.0 Å². The molecular weight excluding hydrogens is 522 g/mol. The molecule has 3 heterocycles. The third-order valence-electron chi connectivity index (χ3n) is 6.46. The van der Waals surface area contributed by atoms with Crippen LogP contribution in [0.15, 0.2) is 58.3 Å². The Morgan fingerprint density at radius 1 is 1.23 bits per heavy atom. The third-order valence-corrected chi connectivity index (χ3v) is 6.69. The van der Waals surface area contributed by atoms with E-state index < -0.39 is 5.91 Å². The Hall–Kier alpha value is -4.29. The molecule has 0 radical (unpaired) electrons. The summed E-state index contributed by atoms with van der Waals surface area (Å²) in [5.41, 5.74) is 10.8. The largest absolute Gasteiger partial charge is 0.489 e. The van der Waals surface area contributed by atoms with Crippen molar-refractivity contribution < 1.29 is 14.2 Å². The van der Waals surface area contributed by atoms with Crippen LogP contribution in [0, 0.1) is 5.92 Å². The van der Waals surface area contributed by atoms with E-state index in [1.165, 1.54) is 10.9 Å². The molecule has 1 saturated heterocycles. The number of hydrogen-bond acceptors (Lipinski definition) is 10. The van der Waals surface area contributed by atoms with Gasteiger partial charge in [-0.05, 0) is 77.6 Å². The highest BCUT2D eigenvalue weighted by Gasteiger charge is 2.26. The summed E-state index contributed by atoms with van der Waals surface area (Å²) in [5.74, 6) is 1.04. The van der Waals surface area contributed by atoms with Gasteiger partial charge in [0, 0.05) is 11.6 Å². The number of likely N-dealkylation sites (tertiary alicyclic amines) is 1. The van der Waals surface area contributed by atoms with Gasteiger partial charge in [-0.15, -0.1) is 5.10 Å². The van der Waals surface area contributed by atoms with E-state index in [0.717, 1.165) is 37.1 Å². The van der Waals surface area contributed by atoms with Crippen LogP contribution in [-0.2, 0) is 13.2 Å². The number of nitrogens with one attached hydrogen (secondary N) is 1. The number of carbonyl (C=O) groups is 1. The first kappa shape index (κ1) is 26.3. The number of hydrogen-bond donors (Lipinski definition) is 2. The lowest BCUT2D eigenvalue weighted by atomic mass is 9.99. The van der Waals surface area contributed by atoms with Crippen LogP contribution in [-0.4, -0.2) is 55.4 Å². The predicted molar refractivity (Wildman–Crippen MR) is 145 cm³/mol. The van der Waals surface area contributed by atoms with E-state index in [1.807, 2.05) is 48.5 Å². The molecule has 1 amide bonds. The summed E-state index contributed by atoms with van der Waals surface area (Å²) in [6, 6.07) is 14.8. The molecule has 12 nitrogen and oxygen atoms in total. The zero-order valence-electron chi connectivity index (χ0n) is 21.3. The molecule has 4 aromatic rings. The maximum atomic E-state index is 13.1. The molecule has 1 aliphatic rings. The summed E-state index contributed by atoms with van der Waals surface area (Å²) < 4.78 is 12.0. The Labute approximate surface area is 229 Å². The molecule has 0 bridgehead atoms. The van der Waals surface area contributed by atoms with Gasteiger partial charge in [0.1, 0.15) is 12.4 Å². The number of benzene rings is 2. The van der Waals surface area contributed by atoms with Crippen LogP contribution < -0.4 is 15.9 Å². The first-order chi connectivity index (χ1) is 19.0. The lowest BCUT2D eigenvalue weighted by molar-refractivity contribution is 0.0947. The molecule has 0 spiro atoms. The van der Waals surface area contributed by atoms with Gasteiger partial charge in [-0.25, -0.2) is 10.1 Å².